The van der Waals surface area contributed by atoms with Gasteiger partial charge in [0.1, 0.15) is 6.10 Å². The Labute approximate surface area is 162 Å². The topological polar surface area (TPSA) is 26.3 Å². The number of rotatable bonds is 5. The van der Waals surface area contributed by atoms with Crippen LogP contribution in [0, 0.1) is 11.8 Å². The molecule has 8 heteroatoms. The molecule has 0 spiro atoms. The molecule has 1 aromatic rings. The summed E-state index contributed by atoms with van der Waals surface area (Å²) >= 11 is 0. The second-order valence-corrected chi connectivity index (χ2v) is 7.06. The van der Waals surface area contributed by atoms with Crippen LogP contribution in [0.25, 0.3) is 0 Å². The van der Waals surface area contributed by atoms with Crippen molar-refractivity contribution in [2.45, 2.75) is 72.8 Å². The maximum absolute atomic E-state index is 12.3. The third-order valence-electron chi connectivity index (χ3n) is 3.93. The summed E-state index contributed by atoms with van der Waals surface area (Å²) in [4.78, 5) is 11.0. The number of hydrogen-bond acceptors (Lipinski definition) is 2. The van der Waals surface area contributed by atoms with Crippen LogP contribution in [0.3, 0.4) is 0 Å². The summed E-state index contributed by atoms with van der Waals surface area (Å²) < 4.78 is 79.1. The van der Waals surface area contributed by atoms with Gasteiger partial charge in [-0.1, -0.05) is 41.5 Å². The monoisotopic (exact) mass is 414 g/mol. The van der Waals surface area contributed by atoms with Crippen molar-refractivity contribution in [3.05, 3.63) is 34.9 Å². The molecule has 0 aliphatic carbocycles. The molecule has 28 heavy (non-hydrogen) atoms. The number of esters is 1. The molecule has 0 radical (unpaired) electrons. The Morgan fingerprint density at radius 2 is 1.25 bits per heavy atom. The number of ether oxygens (including phenoxy) is 1. The average Bonchev–Trinajstić information content (AvgIpc) is 2.57. The number of hydrogen-bond donors (Lipinski definition) is 0. The molecular formula is C20H28F6O2. The fraction of sp³-hybridized carbons (Fsp3) is 0.650. The van der Waals surface area contributed by atoms with E-state index in [1.807, 2.05) is 6.92 Å². The zero-order valence-corrected chi connectivity index (χ0v) is 17.0. The minimum Gasteiger partial charge on any atom is -0.462 e. The van der Waals surface area contributed by atoms with E-state index >= 15 is 0 Å². The van der Waals surface area contributed by atoms with Gasteiger partial charge in [0.15, 0.2) is 0 Å². The van der Waals surface area contributed by atoms with Gasteiger partial charge in [0.2, 0.25) is 0 Å². The normalized spacial score (nSPS) is 12.2. The summed E-state index contributed by atoms with van der Waals surface area (Å²) in [7, 11) is 0. The SMILES string of the molecule is CCC(=O)OC(C(C)C)C(C)C.CCc1cc(C(F)(F)F)cc(C(F)(F)F)c1. The van der Waals surface area contributed by atoms with E-state index in [1.165, 1.54) is 6.92 Å². The van der Waals surface area contributed by atoms with Crippen LogP contribution in [-0.2, 0) is 28.3 Å². The second kappa shape index (κ2) is 10.7. The molecule has 0 saturated heterocycles. The molecule has 0 aromatic heterocycles. The summed E-state index contributed by atoms with van der Waals surface area (Å²) in [5.41, 5.74) is -2.51. The van der Waals surface area contributed by atoms with Crippen molar-refractivity contribution in [2.75, 3.05) is 0 Å². The van der Waals surface area contributed by atoms with Crippen molar-refractivity contribution in [3.8, 4) is 0 Å². The van der Waals surface area contributed by atoms with E-state index in [2.05, 4.69) is 27.7 Å². The Balaban J connectivity index is 0.000000546. The molecular weight excluding hydrogens is 386 g/mol. The highest BCUT2D eigenvalue weighted by molar-refractivity contribution is 5.69. The molecule has 0 fully saturated rings. The standard InChI is InChI=1S/C10H8F6.C10H20O2/c1-2-6-3-7(9(11,12)13)5-8(4-6)10(14,15)16;1-6-9(11)12-10(7(2)3)8(4)5/h3-5H,2H2,1H3;7-8,10H,6H2,1-5H3. The molecule has 0 bridgehead atoms. The quantitative estimate of drug-likeness (QED) is 0.387. The predicted molar refractivity (Wildman–Crippen MR) is 95.7 cm³/mol. The Hall–Kier alpha value is -1.73. The second-order valence-electron chi connectivity index (χ2n) is 7.06. The maximum atomic E-state index is 12.3. The lowest BCUT2D eigenvalue weighted by atomic mass is 9.96. The minimum absolute atomic E-state index is 0.0159. The largest absolute Gasteiger partial charge is 0.462 e. The Morgan fingerprint density at radius 3 is 1.50 bits per heavy atom. The zero-order chi connectivity index (χ0) is 22.3. The van der Waals surface area contributed by atoms with Crippen molar-refractivity contribution < 1.29 is 35.9 Å². The third kappa shape index (κ3) is 8.97. The molecule has 2 nitrogen and oxygen atoms in total. The molecule has 0 saturated carbocycles. The number of alkyl halides is 6. The highest BCUT2D eigenvalue weighted by Gasteiger charge is 2.36. The lowest BCUT2D eigenvalue weighted by Crippen LogP contribution is -2.28. The zero-order valence-electron chi connectivity index (χ0n) is 17.0. The highest BCUT2D eigenvalue weighted by atomic mass is 19.4. The van der Waals surface area contributed by atoms with Gasteiger partial charge in [0.05, 0.1) is 11.1 Å². The van der Waals surface area contributed by atoms with Crippen molar-refractivity contribution in [1.29, 1.82) is 0 Å². The van der Waals surface area contributed by atoms with Gasteiger partial charge in [-0.15, -0.1) is 0 Å². The fourth-order valence-corrected chi connectivity index (χ4v) is 2.50. The number of carbonyl (C=O) groups is 1. The van der Waals surface area contributed by atoms with Crippen LogP contribution < -0.4 is 0 Å². The van der Waals surface area contributed by atoms with Crippen molar-refractivity contribution in [3.63, 3.8) is 0 Å². The lowest BCUT2D eigenvalue weighted by molar-refractivity contribution is -0.153. The van der Waals surface area contributed by atoms with Gasteiger partial charge in [0, 0.05) is 6.42 Å². The molecule has 0 N–H and O–H groups in total. The van der Waals surface area contributed by atoms with Crippen LogP contribution in [0.2, 0.25) is 0 Å². The van der Waals surface area contributed by atoms with E-state index in [0.717, 1.165) is 12.1 Å². The van der Waals surface area contributed by atoms with Gasteiger partial charge in [-0.25, -0.2) is 0 Å². The van der Waals surface area contributed by atoms with Gasteiger partial charge in [-0.3, -0.25) is 4.79 Å². The molecule has 0 heterocycles. The van der Waals surface area contributed by atoms with Crippen LogP contribution in [0.15, 0.2) is 18.2 Å². The van der Waals surface area contributed by atoms with E-state index in [-0.39, 0.29) is 30.1 Å². The van der Waals surface area contributed by atoms with Crippen molar-refractivity contribution in [2.24, 2.45) is 11.8 Å². The molecule has 0 atom stereocenters. The summed E-state index contributed by atoms with van der Waals surface area (Å²) in [6.07, 6.45) is -8.86. The van der Waals surface area contributed by atoms with Gasteiger partial charge < -0.3 is 4.74 Å². The van der Waals surface area contributed by atoms with Crippen LogP contribution >= 0.6 is 0 Å². The van der Waals surface area contributed by atoms with Gasteiger partial charge in [-0.05, 0) is 42.0 Å². The minimum atomic E-state index is -4.76. The number of benzene rings is 1. The molecule has 162 valence electrons. The summed E-state index contributed by atoms with van der Waals surface area (Å²) in [5.74, 6) is 0.711. The number of halogens is 6. The first-order valence-electron chi connectivity index (χ1n) is 9.11. The third-order valence-corrected chi connectivity index (χ3v) is 3.93. The van der Waals surface area contributed by atoms with Crippen molar-refractivity contribution >= 4 is 5.97 Å². The first-order valence-corrected chi connectivity index (χ1v) is 9.11. The van der Waals surface area contributed by atoms with E-state index < -0.39 is 23.5 Å². The van der Waals surface area contributed by atoms with Crippen LogP contribution in [0.4, 0.5) is 26.3 Å². The number of carbonyl (C=O) groups excluding carboxylic acids is 1. The molecule has 1 rings (SSSR count). The molecule has 1 aromatic carbocycles. The molecule has 0 unspecified atom stereocenters. The first-order chi connectivity index (χ1) is 12.6. The van der Waals surface area contributed by atoms with Crippen LogP contribution in [0.1, 0.15) is 64.7 Å². The Kier molecular flexibility index (Phi) is 10.1. The fourth-order valence-electron chi connectivity index (χ4n) is 2.50. The first kappa shape index (κ1) is 26.3. The summed E-state index contributed by atoms with van der Waals surface area (Å²) in [6, 6.07) is 1.59. The highest BCUT2D eigenvalue weighted by Crippen LogP contribution is 2.36. The average molecular weight is 414 g/mol. The number of aryl methyl sites for hydroxylation is 1. The van der Waals surface area contributed by atoms with Gasteiger partial charge in [-0.2, -0.15) is 26.3 Å². The van der Waals surface area contributed by atoms with E-state index in [9.17, 15) is 31.1 Å². The smallest absolute Gasteiger partial charge is 0.416 e. The van der Waals surface area contributed by atoms with E-state index in [4.69, 9.17) is 4.74 Å². The van der Waals surface area contributed by atoms with Crippen LogP contribution in [0.5, 0.6) is 0 Å². The summed E-state index contributed by atoms with van der Waals surface area (Å²) in [6.45, 7) is 11.6. The molecule has 0 amide bonds. The maximum Gasteiger partial charge on any atom is 0.416 e. The van der Waals surface area contributed by atoms with E-state index in [0.29, 0.717) is 18.3 Å². The van der Waals surface area contributed by atoms with Gasteiger partial charge in [0.25, 0.3) is 0 Å². The van der Waals surface area contributed by atoms with Crippen molar-refractivity contribution in [1.82, 2.24) is 0 Å². The molecule has 0 aliphatic rings. The molecule has 0 aliphatic heterocycles. The summed E-state index contributed by atoms with van der Waals surface area (Å²) in [5, 5.41) is 0. The lowest BCUT2D eigenvalue weighted by Gasteiger charge is -2.24. The predicted octanol–water partition coefficient (Wildman–Crippen LogP) is 6.91. The Morgan fingerprint density at radius 1 is 0.857 bits per heavy atom. The van der Waals surface area contributed by atoms with Crippen LogP contribution in [-0.4, -0.2) is 12.1 Å². The Bertz CT molecular complexity index is 578. The van der Waals surface area contributed by atoms with E-state index in [1.54, 1.807) is 0 Å². The van der Waals surface area contributed by atoms with Gasteiger partial charge >= 0.3 is 18.3 Å².